The minimum absolute atomic E-state index is 0.141. The van der Waals surface area contributed by atoms with Gasteiger partial charge in [-0.1, -0.05) is 35.3 Å². The van der Waals surface area contributed by atoms with Crippen molar-refractivity contribution in [1.29, 1.82) is 0 Å². The van der Waals surface area contributed by atoms with Gasteiger partial charge < -0.3 is 10.2 Å². The number of carbonyl (C=O) groups excluding carboxylic acids is 4. The number of halogens is 3. The highest BCUT2D eigenvalue weighted by Crippen LogP contribution is 2.32. The van der Waals surface area contributed by atoms with E-state index in [1.54, 1.807) is 35.7 Å². The fourth-order valence-corrected chi connectivity index (χ4v) is 4.81. The summed E-state index contributed by atoms with van der Waals surface area (Å²) in [5.41, 5.74) is 1.81. The molecule has 1 saturated heterocycles. The zero-order chi connectivity index (χ0) is 25.7. The molecule has 0 saturated carbocycles. The van der Waals surface area contributed by atoms with Crippen LogP contribution in [0.4, 0.5) is 8.78 Å². The predicted octanol–water partition coefficient (Wildman–Crippen LogP) is -1.36. The van der Waals surface area contributed by atoms with Gasteiger partial charge in [-0.25, -0.2) is 0 Å². The van der Waals surface area contributed by atoms with E-state index in [-0.39, 0.29) is 36.2 Å². The fourth-order valence-electron chi connectivity index (χ4n) is 4.69. The van der Waals surface area contributed by atoms with E-state index in [9.17, 15) is 28.0 Å². The molecule has 2 aliphatic rings. The van der Waals surface area contributed by atoms with E-state index in [0.717, 1.165) is 12.1 Å². The second kappa shape index (κ2) is 8.82. The van der Waals surface area contributed by atoms with Gasteiger partial charge in [0.15, 0.2) is 0 Å². The standard InChI is InChI=1S/C22H21B3ClF2N3O4/c23-17-13-9-31(15-7-8-16(32)29-18(15)33)19(34)12(13)5-6-14(17)22(24,25)30-20(35)21(27,28)10-1-3-11(26)4-2-10/h1-6,15H,7-9,23-25H2,(H,30,35)(H,29,32,33). The minimum Gasteiger partial charge on any atom is -0.357 e. The maximum absolute atomic E-state index is 14.9. The lowest BCUT2D eigenvalue weighted by Crippen LogP contribution is -2.54. The highest BCUT2D eigenvalue weighted by Gasteiger charge is 2.44. The van der Waals surface area contributed by atoms with Crippen molar-refractivity contribution in [3.05, 3.63) is 63.7 Å². The quantitative estimate of drug-likeness (QED) is 0.395. The first-order valence-corrected chi connectivity index (χ1v) is 11.4. The van der Waals surface area contributed by atoms with Crippen LogP contribution in [0, 0.1) is 0 Å². The summed E-state index contributed by atoms with van der Waals surface area (Å²) in [7, 11) is 4.96. The van der Waals surface area contributed by atoms with Crippen molar-refractivity contribution in [2.75, 3.05) is 0 Å². The molecule has 35 heavy (non-hydrogen) atoms. The topological polar surface area (TPSA) is 95.6 Å². The Morgan fingerprint density at radius 3 is 2.40 bits per heavy atom. The molecule has 1 fully saturated rings. The maximum Gasteiger partial charge on any atom is 0.349 e. The molecule has 2 aromatic carbocycles. The highest BCUT2D eigenvalue weighted by molar-refractivity contribution is 6.44. The SMILES string of the molecule is Bc1c(C(B)(B)NC(=O)C(F)(F)c2ccc(Cl)cc2)ccc2c1CN(C1CCC(=O)NC1=O)C2=O. The number of hydrogen-bond acceptors (Lipinski definition) is 4. The summed E-state index contributed by atoms with van der Waals surface area (Å²) in [6.45, 7) is 0.144. The third-order valence-electron chi connectivity index (χ3n) is 6.60. The van der Waals surface area contributed by atoms with Crippen LogP contribution in [0.25, 0.3) is 0 Å². The summed E-state index contributed by atoms with van der Waals surface area (Å²) in [5, 5.41) is 3.77. The summed E-state index contributed by atoms with van der Waals surface area (Å²) < 4.78 is 29.7. The molecule has 0 aliphatic carbocycles. The molecule has 7 nitrogen and oxygen atoms in total. The van der Waals surface area contributed by atoms with E-state index >= 15 is 0 Å². The maximum atomic E-state index is 14.9. The number of benzene rings is 2. The van der Waals surface area contributed by atoms with E-state index < -0.39 is 34.7 Å². The van der Waals surface area contributed by atoms with Crippen LogP contribution in [-0.2, 0) is 32.2 Å². The molecule has 2 N–H and O–H groups in total. The lowest BCUT2D eigenvalue weighted by Gasteiger charge is -2.32. The molecular formula is C22H21B3ClF2N3O4. The first-order chi connectivity index (χ1) is 16.3. The Labute approximate surface area is 208 Å². The minimum atomic E-state index is -3.79. The third kappa shape index (κ3) is 4.47. The number of amides is 4. The number of carbonyl (C=O) groups is 4. The molecule has 13 heteroatoms. The molecule has 0 bridgehead atoms. The molecular weight excluding hydrogens is 476 g/mol. The van der Waals surface area contributed by atoms with Crippen molar-refractivity contribution in [1.82, 2.24) is 15.5 Å². The molecule has 0 radical (unpaired) electrons. The number of hydrogen-bond donors (Lipinski definition) is 2. The lowest BCUT2D eigenvalue weighted by atomic mass is 9.55. The van der Waals surface area contributed by atoms with Gasteiger partial charge >= 0.3 is 5.92 Å². The van der Waals surface area contributed by atoms with Crippen LogP contribution in [0.5, 0.6) is 0 Å². The second-order valence-electron chi connectivity index (χ2n) is 9.32. The van der Waals surface area contributed by atoms with Crippen molar-refractivity contribution in [2.24, 2.45) is 0 Å². The van der Waals surface area contributed by atoms with Crippen LogP contribution in [0.3, 0.4) is 0 Å². The summed E-state index contributed by atoms with van der Waals surface area (Å²) >= 11 is 5.77. The lowest BCUT2D eigenvalue weighted by molar-refractivity contribution is -0.147. The van der Waals surface area contributed by atoms with E-state index in [0.29, 0.717) is 22.2 Å². The van der Waals surface area contributed by atoms with E-state index in [1.165, 1.54) is 17.0 Å². The van der Waals surface area contributed by atoms with Gasteiger partial charge in [0.05, 0.1) is 0 Å². The molecule has 2 aromatic rings. The van der Waals surface area contributed by atoms with Gasteiger partial charge in [-0.3, -0.25) is 24.5 Å². The number of nitrogens with one attached hydrogen (secondary N) is 2. The largest absolute Gasteiger partial charge is 0.357 e. The smallest absolute Gasteiger partial charge is 0.349 e. The first kappa shape index (κ1) is 25.0. The first-order valence-electron chi connectivity index (χ1n) is 11.1. The molecule has 0 aromatic heterocycles. The summed E-state index contributed by atoms with van der Waals surface area (Å²) in [4.78, 5) is 50.8. The van der Waals surface area contributed by atoms with Crippen molar-refractivity contribution >= 4 is 64.2 Å². The van der Waals surface area contributed by atoms with Crippen LogP contribution >= 0.6 is 11.6 Å². The summed E-state index contributed by atoms with van der Waals surface area (Å²) in [6.07, 6.45) is 0.374. The number of rotatable bonds is 5. The van der Waals surface area contributed by atoms with Gasteiger partial charge in [-0.2, -0.15) is 8.78 Å². The van der Waals surface area contributed by atoms with Crippen molar-refractivity contribution in [3.8, 4) is 0 Å². The summed E-state index contributed by atoms with van der Waals surface area (Å²) in [6, 6.07) is 7.23. The fraction of sp³-hybridized carbons (Fsp3) is 0.273. The Morgan fingerprint density at radius 2 is 1.77 bits per heavy atom. The van der Waals surface area contributed by atoms with Crippen LogP contribution in [0.15, 0.2) is 36.4 Å². The molecule has 1 atom stereocenters. The molecule has 4 rings (SSSR count). The van der Waals surface area contributed by atoms with Gasteiger partial charge in [0.1, 0.15) is 29.6 Å². The van der Waals surface area contributed by atoms with Gasteiger partial charge in [0.2, 0.25) is 11.8 Å². The van der Waals surface area contributed by atoms with Gasteiger partial charge in [0, 0.05) is 34.5 Å². The molecule has 4 amide bonds. The van der Waals surface area contributed by atoms with Crippen LogP contribution in [0.2, 0.25) is 5.02 Å². The number of alkyl halides is 2. The van der Waals surface area contributed by atoms with Crippen LogP contribution in [0.1, 0.15) is 39.9 Å². The van der Waals surface area contributed by atoms with Crippen molar-refractivity contribution < 1.29 is 28.0 Å². The van der Waals surface area contributed by atoms with Gasteiger partial charge in [0.25, 0.3) is 11.8 Å². The van der Waals surface area contributed by atoms with Crippen molar-refractivity contribution in [3.63, 3.8) is 0 Å². The van der Waals surface area contributed by atoms with Gasteiger partial charge in [-0.15, -0.1) is 0 Å². The zero-order valence-electron chi connectivity index (χ0n) is 19.4. The Morgan fingerprint density at radius 1 is 1.11 bits per heavy atom. The van der Waals surface area contributed by atoms with E-state index in [1.807, 2.05) is 0 Å². The zero-order valence-corrected chi connectivity index (χ0v) is 20.1. The number of nitrogens with zero attached hydrogens (tertiary/aromatic N) is 1. The number of piperidine rings is 1. The average Bonchev–Trinajstić information content (AvgIpc) is 3.11. The molecule has 178 valence electrons. The van der Waals surface area contributed by atoms with E-state index in [2.05, 4.69) is 10.6 Å². The Hall–Kier alpha value is -3.14. The second-order valence-corrected chi connectivity index (χ2v) is 9.76. The highest BCUT2D eigenvalue weighted by atomic mass is 35.5. The number of fused-ring (bicyclic) bond motifs is 1. The van der Waals surface area contributed by atoms with Crippen LogP contribution < -0.4 is 16.1 Å². The Balaban J connectivity index is 1.58. The van der Waals surface area contributed by atoms with Crippen LogP contribution in [-0.4, -0.2) is 58.1 Å². The summed E-state index contributed by atoms with van der Waals surface area (Å²) in [5.74, 6) is -6.48. The third-order valence-corrected chi connectivity index (χ3v) is 6.85. The molecule has 2 aliphatic heterocycles. The predicted molar refractivity (Wildman–Crippen MR) is 133 cm³/mol. The molecule has 2 heterocycles. The Bertz CT molecular complexity index is 1260. The molecule has 0 spiro atoms. The number of imide groups is 1. The van der Waals surface area contributed by atoms with E-state index in [4.69, 9.17) is 11.6 Å². The normalized spacial score (nSPS) is 18.3. The monoisotopic (exact) mass is 497 g/mol. The Kier molecular flexibility index (Phi) is 6.29. The average molecular weight is 497 g/mol. The van der Waals surface area contributed by atoms with Crippen molar-refractivity contribution in [2.45, 2.75) is 36.7 Å². The van der Waals surface area contributed by atoms with Gasteiger partial charge in [-0.05, 0) is 35.7 Å². The molecule has 1 unspecified atom stereocenters.